The van der Waals surface area contributed by atoms with Crippen LogP contribution in [0.25, 0.3) is 28.3 Å². The van der Waals surface area contributed by atoms with Gasteiger partial charge in [0.15, 0.2) is 5.65 Å². The van der Waals surface area contributed by atoms with Gasteiger partial charge >= 0.3 is 0 Å². The molecule has 0 radical (unpaired) electrons. The van der Waals surface area contributed by atoms with Gasteiger partial charge in [-0.15, -0.1) is 0 Å². The molecule has 0 atom stereocenters. The molecule has 1 aliphatic carbocycles. The van der Waals surface area contributed by atoms with E-state index < -0.39 is 0 Å². The normalized spacial score (nSPS) is 17.5. The predicted octanol–water partition coefficient (Wildman–Crippen LogP) is 2.14. The highest BCUT2D eigenvalue weighted by molar-refractivity contribution is 6.00. The number of hydrogen-bond acceptors (Lipinski definition) is 8. The SMILES string of the molecule is CNC(=O)c1cnn2c(NC)cc(-c3cnc4n(CC(=O)N5CC6(COC6)C5)cccc3-4)nc12.COC1CCC1. The second-order valence-electron chi connectivity index (χ2n) is 10.7. The second kappa shape index (κ2) is 10.5. The largest absolute Gasteiger partial charge is 0.381 e. The van der Waals surface area contributed by atoms with Crippen LogP contribution >= 0.6 is 0 Å². The number of likely N-dealkylation sites (tertiary alicyclic amines) is 1. The Bertz CT molecular complexity index is 1510. The molecule has 210 valence electrons. The van der Waals surface area contributed by atoms with Gasteiger partial charge in [-0.3, -0.25) is 9.59 Å². The molecular formula is C28H34N8O4. The van der Waals surface area contributed by atoms with E-state index in [9.17, 15) is 9.59 Å². The van der Waals surface area contributed by atoms with E-state index in [1.54, 1.807) is 31.9 Å². The van der Waals surface area contributed by atoms with Crippen molar-refractivity contribution < 1.29 is 19.1 Å². The fourth-order valence-electron chi connectivity index (χ4n) is 5.36. The van der Waals surface area contributed by atoms with Gasteiger partial charge < -0.3 is 29.6 Å². The molecule has 1 saturated carbocycles. The number of nitrogens with one attached hydrogen (secondary N) is 2. The summed E-state index contributed by atoms with van der Waals surface area (Å²) in [6.07, 6.45) is 9.69. The Labute approximate surface area is 232 Å². The molecule has 2 aromatic rings. The van der Waals surface area contributed by atoms with Gasteiger partial charge in [0.05, 0.1) is 36.6 Å². The number of pyridine rings is 1. The van der Waals surface area contributed by atoms with Crippen LogP contribution in [0.3, 0.4) is 0 Å². The first-order chi connectivity index (χ1) is 19.4. The smallest absolute Gasteiger partial charge is 0.256 e. The molecule has 0 unspecified atom stereocenters. The molecule has 2 aromatic heterocycles. The van der Waals surface area contributed by atoms with Gasteiger partial charge in [0.2, 0.25) is 5.91 Å². The Hall–Kier alpha value is -4.03. The van der Waals surface area contributed by atoms with Crippen molar-refractivity contribution in [3.05, 3.63) is 42.4 Å². The first-order valence-corrected chi connectivity index (χ1v) is 13.6. The maximum absolute atomic E-state index is 12.8. The number of ether oxygens (including phenoxy) is 2. The van der Waals surface area contributed by atoms with Crippen molar-refractivity contribution in [2.45, 2.75) is 31.9 Å². The lowest BCUT2D eigenvalue weighted by Gasteiger charge is -2.55. The fraction of sp³-hybridized carbons (Fsp3) is 0.464. The molecule has 5 aliphatic rings. The van der Waals surface area contributed by atoms with Crippen LogP contribution in [0.15, 0.2) is 36.8 Å². The standard InChI is InChI=1S/C23H24N8O3.C5H10O/c1-24-18-6-17(28-21-16(22(33)25-2)8-27-31(18)21)15-7-26-20-14(15)4-3-5-29(20)9-19(32)30-10-23(11-30)12-34-13-23;1-6-5-3-2-4-5/h3-8,24H,9-13H2,1-2H3,(H,25,33);5H,2-4H2,1H3. The molecule has 2 N–H and O–H groups in total. The minimum Gasteiger partial charge on any atom is -0.381 e. The summed E-state index contributed by atoms with van der Waals surface area (Å²) in [6, 6.07) is 5.74. The summed E-state index contributed by atoms with van der Waals surface area (Å²) in [5.74, 6) is 1.21. The number of fused-ring (bicyclic) bond motifs is 2. The molecule has 7 rings (SSSR count). The summed E-state index contributed by atoms with van der Waals surface area (Å²) < 4.78 is 13.8. The summed E-state index contributed by atoms with van der Waals surface area (Å²) in [5, 5.41) is 10.0. The maximum atomic E-state index is 12.8. The first-order valence-electron chi connectivity index (χ1n) is 13.6. The molecule has 3 fully saturated rings. The third-order valence-corrected chi connectivity index (χ3v) is 8.04. The molecule has 40 heavy (non-hydrogen) atoms. The summed E-state index contributed by atoms with van der Waals surface area (Å²) >= 11 is 0. The number of hydrogen-bond donors (Lipinski definition) is 2. The lowest BCUT2D eigenvalue weighted by atomic mass is 9.78. The van der Waals surface area contributed by atoms with Crippen molar-refractivity contribution in [1.82, 2.24) is 34.4 Å². The van der Waals surface area contributed by atoms with Gasteiger partial charge in [0.1, 0.15) is 23.8 Å². The Morgan fingerprint density at radius 3 is 2.58 bits per heavy atom. The topological polar surface area (TPSA) is 128 Å². The zero-order valence-electron chi connectivity index (χ0n) is 23.0. The van der Waals surface area contributed by atoms with E-state index in [0.29, 0.717) is 34.7 Å². The van der Waals surface area contributed by atoms with Crippen LogP contribution in [0.4, 0.5) is 5.82 Å². The van der Waals surface area contributed by atoms with E-state index in [0.717, 1.165) is 37.4 Å². The van der Waals surface area contributed by atoms with Gasteiger partial charge in [-0.05, 0) is 31.4 Å². The van der Waals surface area contributed by atoms with Crippen molar-refractivity contribution in [3.63, 3.8) is 0 Å². The number of carbonyl (C=O) groups excluding carboxylic acids is 2. The number of carbonyl (C=O) groups is 2. The van der Waals surface area contributed by atoms with E-state index in [4.69, 9.17) is 14.5 Å². The second-order valence-corrected chi connectivity index (χ2v) is 10.7. The maximum Gasteiger partial charge on any atom is 0.256 e. The van der Waals surface area contributed by atoms with Crippen LogP contribution in [0, 0.1) is 5.41 Å². The molecule has 0 bridgehead atoms. The van der Waals surface area contributed by atoms with Crippen LogP contribution in [0.1, 0.15) is 29.6 Å². The van der Waals surface area contributed by atoms with E-state index >= 15 is 0 Å². The van der Waals surface area contributed by atoms with Crippen LogP contribution in [0.5, 0.6) is 0 Å². The van der Waals surface area contributed by atoms with Crippen molar-refractivity contribution in [3.8, 4) is 22.6 Å². The molecule has 2 amide bonds. The van der Waals surface area contributed by atoms with Crippen LogP contribution in [0.2, 0.25) is 0 Å². The summed E-state index contributed by atoms with van der Waals surface area (Å²) in [4.78, 5) is 36.4. The van der Waals surface area contributed by atoms with E-state index in [1.807, 2.05) is 33.9 Å². The highest BCUT2D eigenvalue weighted by Crippen LogP contribution is 2.38. The minimum absolute atomic E-state index is 0.0751. The number of anilines is 1. The summed E-state index contributed by atoms with van der Waals surface area (Å²) in [6.45, 7) is 3.24. The fourth-order valence-corrected chi connectivity index (χ4v) is 5.36. The number of methoxy groups -OCH3 is 1. The average Bonchev–Trinajstić information content (AvgIpc) is 3.51. The zero-order chi connectivity index (χ0) is 27.9. The van der Waals surface area contributed by atoms with Crippen molar-refractivity contribution in [2.24, 2.45) is 5.41 Å². The van der Waals surface area contributed by atoms with E-state index in [2.05, 4.69) is 20.7 Å². The molecule has 12 nitrogen and oxygen atoms in total. The highest BCUT2D eigenvalue weighted by atomic mass is 16.5. The van der Waals surface area contributed by atoms with Crippen LogP contribution in [-0.2, 0) is 20.8 Å². The summed E-state index contributed by atoms with van der Waals surface area (Å²) in [7, 11) is 5.14. The molecule has 1 spiro atoms. The van der Waals surface area contributed by atoms with Gasteiger partial charge in [-0.1, -0.05) is 0 Å². The molecule has 0 aromatic carbocycles. The molecule has 6 heterocycles. The van der Waals surface area contributed by atoms with Gasteiger partial charge in [-0.25, -0.2) is 9.97 Å². The number of rotatable bonds is 6. The molecule has 2 saturated heterocycles. The molecular weight excluding hydrogens is 512 g/mol. The first kappa shape index (κ1) is 26.2. The van der Waals surface area contributed by atoms with Gasteiger partial charge in [0.25, 0.3) is 5.91 Å². The van der Waals surface area contributed by atoms with E-state index in [-0.39, 0.29) is 23.8 Å². The zero-order valence-corrected chi connectivity index (χ0v) is 23.0. The predicted molar refractivity (Wildman–Crippen MR) is 148 cm³/mol. The van der Waals surface area contributed by atoms with Gasteiger partial charge in [0, 0.05) is 63.9 Å². The third kappa shape index (κ3) is 4.56. The Kier molecular flexibility index (Phi) is 6.88. The van der Waals surface area contributed by atoms with Crippen LogP contribution in [-0.4, -0.2) is 94.5 Å². The molecule has 4 aliphatic heterocycles. The Morgan fingerprint density at radius 2 is 1.98 bits per heavy atom. The third-order valence-electron chi connectivity index (χ3n) is 8.04. The highest BCUT2D eigenvalue weighted by Gasteiger charge is 2.50. The van der Waals surface area contributed by atoms with Crippen molar-refractivity contribution >= 4 is 23.3 Å². The number of nitrogens with zero attached hydrogens (tertiary/aromatic N) is 6. The number of aromatic nitrogens is 5. The monoisotopic (exact) mass is 546 g/mol. The average molecular weight is 547 g/mol. The van der Waals surface area contributed by atoms with Gasteiger partial charge in [-0.2, -0.15) is 9.61 Å². The Morgan fingerprint density at radius 1 is 1.18 bits per heavy atom. The molecule has 12 heteroatoms. The lowest BCUT2D eigenvalue weighted by Crippen LogP contribution is -2.67. The quantitative estimate of drug-likeness (QED) is 0.377. The lowest BCUT2D eigenvalue weighted by molar-refractivity contribution is -0.195. The number of amides is 2. The minimum atomic E-state index is -0.259. The van der Waals surface area contributed by atoms with Crippen LogP contribution < -0.4 is 10.6 Å². The van der Waals surface area contributed by atoms with Crippen molar-refractivity contribution in [2.75, 3.05) is 52.8 Å². The summed E-state index contributed by atoms with van der Waals surface area (Å²) in [5.41, 5.74) is 3.37. The van der Waals surface area contributed by atoms with E-state index in [1.165, 1.54) is 25.5 Å². The van der Waals surface area contributed by atoms with Crippen molar-refractivity contribution in [1.29, 1.82) is 0 Å². The Balaban J connectivity index is 0.000000429.